The maximum absolute atomic E-state index is 12.7. The summed E-state index contributed by atoms with van der Waals surface area (Å²) >= 11 is 6.07. The number of amides is 1. The van der Waals surface area contributed by atoms with Crippen LogP contribution in [-0.4, -0.2) is 14.3 Å². The molecule has 0 saturated heterocycles. The molecule has 0 spiro atoms. The average Bonchev–Trinajstić information content (AvgIpc) is 2.80. The van der Waals surface area contributed by atoms with E-state index in [0.717, 1.165) is 16.3 Å². The molecule has 5 nitrogen and oxygen atoms in total. The minimum Gasteiger partial charge on any atom is -0.321 e. The van der Waals surface area contributed by atoms with Crippen LogP contribution in [0.3, 0.4) is 0 Å². The quantitative estimate of drug-likeness (QED) is 0.348. The van der Waals surface area contributed by atoms with E-state index in [2.05, 4.69) is 10.0 Å². The third-order valence-electron chi connectivity index (χ3n) is 4.74. The summed E-state index contributed by atoms with van der Waals surface area (Å²) in [5, 5.41) is 5.24. The van der Waals surface area contributed by atoms with Gasteiger partial charge in [-0.1, -0.05) is 66.2 Å². The van der Waals surface area contributed by atoms with Gasteiger partial charge in [0.25, 0.3) is 10.0 Å². The molecule has 0 heterocycles. The summed E-state index contributed by atoms with van der Waals surface area (Å²) < 4.78 is 27.8. The summed E-state index contributed by atoms with van der Waals surface area (Å²) in [4.78, 5) is 12.6. The molecule has 0 atom stereocenters. The van der Waals surface area contributed by atoms with Gasteiger partial charge in [-0.3, -0.25) is 9.52 Å². The van der Waals surface area contributed by atoms with E-state index in [1.165, 1.54) is 30.3 Å². The van der Waals surface area contributed by atoms with Crippen LogP contribution in [0.5, 0.6) is 0 Å². The fourth-order valence-corrected chi connectivity index (χ4v) is 4.44. The van der Waals surface area contributed by atoms with E-state index in [-0.39, 0.29) is 16.3 Å². The maximum Gasteiger partial charge on any atom is 0.261 e. The van der Waals surface area contributed by atoms with Gasteiger partial charge in [-0.05, 0) is 58.8 Å². The Morgan fingerprint density at radius 3 is 2.28 bits per heavy atom. The van der Waals surface area contributed by atoms with Crippen molar-refractivity contribution in [3.63, 3.8) is 0 Å². The smallest absolute Gasteiger partial charge is 0.261 e. The zero-order chi connectivity index (χ0) is 22.6. The molecule has 2 N–H and O–H groups in total. The number of fused-ring (bicyclic) bond motifs is 1. The van der Waals surface area contributed by atoms with Crippen molar-refractivity contribution in [1.29, 1.82) is 0 Å². The Morgan fingerprint density at radius 1 is 0.781 bits per heavy atom. The van der Waals surface area contributed by atoms with Crippen LogP contribution < -0.4 is 10.0 Å². The van der Waals surface area contributed by atoms with Crippen LogP contribution in [0, 0.1) is 0 Å². The molecule has 32 heavy (non-hydrogen) atoms. The van der Waals surface area contributed by atoms with Gasteiger partial charge < -0.3 is 5.32 Å². The predicted molar refractivity (Wildman–Crippen MR) is 130 cm³/mol. The van der Waals surface area contributed by atoms with Crippen molar-refractivity contribution < 1.29 is 13.2 Å². The largest absolute Gasteiger partial charge is 0.321 e. The van der Waals surface area contributed by atoms with E-state index in [4.69, 9.17) is 11.6 Å². The van der Waals surface area contributed by atoms with Crippen molar-refractivity contribution in [2.75, 3.05) is 10.0 Å². The molecule has 0 saturated carbocycles. The fourth-order valence-electron chi connectivity index (χ4n) is 3.17. The van der Waals surface area contributed by atoms with Gasteiger partial charge in [0, 0.05) is 11.1 Å². The Bertz CT molecular complexity index is 1420. The van der Waals surface area contributed by atoms with Crippen molar-refractivity contribution in [2.45, 2.75) is 4.90 Å². The predicted octanol–water partition coefficient (Wildman–Crippen LogP) is 5.95. The topological polar surface area (TPSA) is 75.3 Å². The molecule has 1 amide bonds. The van der Waals surface area contributed by atoms with Crippen LogP contribution in [0.2, 0.25) is 5.02 Å². The lowest BCUT2D eigenvalue weighted by atomic mass is 10.1. The minimum absolute atomic E-state index is 0.114. The van der Waals surface area contributed by atoms with Crippen molar-refractivity contribution in [2.24, 2.45) is 0 Å². The lowest BCUT2D eigenvalue weighted by molar-refractivity contribution is -0.111. The standard InChI is InChI=1S/C25H19ClN2O3S/c26-21-13-14-23(28-32(30,31)22-8-2-1-3-9-22)24(17-21)27-25(29)15-11-18-10-12-19-6-4-5-7-20(19)16-18/h1-17,28H,(H,27,29). The first-order chi connectivity index (χ1) is 15.4. The third kappa shape index (κ3) is 5.17. The summed E-state index contributed by atoms with van der Waals surface area (Å²) in [6, 6.07) is 26.4. The molecule has 0 aromatic heterocycles. The third-order valence-corrected chi connectivity index (χ3v) is 6.35. The highest BCUT2D eigenvalue weighted by Gasteiger charge is 2.16. The van der Waals surface area contributed by atoms with Gasteiger partial charge in [0.1, 0.15) is 0 Å². The molecule has 4 aromatic rings. The number of carbonyl (C=O) groups excluding carboxylic acids is 1. The van der Waals surface area contributed by atoms with Crippen molar-refractivity contribution in [3.8, 4) is 0 Å². The van der Waals surface area contributed by atoms with Gasteiger partial charge in [-0.25, -0.2) is 8.42 Å². The van der Waals surface area contributed by atoms with Gasteiger partial charge in [-0.2, -0.15) is 0 Å². The van der Waals surface area contributed by atoms with Gasteiger partial charge in [0.2, 0.25) is 5.91 Å². The lowest BCUT2D eigenvalue weighted by Gasteiger charge is -2.13. The van der Waals surface area contributed by atoms with E-state index >= 15 is 0 Å². The molecule has 4 aromatic carbocycles. The molecule has 0 unspecified atom stereocenters. The van der Waals surface area contributed by atoms with Crippen LogP contribution >= 0.6 is 11.6 Å². The molecule has 0 aliphatic heterocycles. The van der Waals surface area contributed by atoms with E-state index in [1.807, 2.05) is 42.5 Å². The fraction of sp³-hybridized carbons (Fsp3) is 0. The first-order valence-corrected chi connectivity index (χ1v) is 11.6. The van der Waals surface area contributed by atoms with Crippen LogP contribution in [0.25, 0.3) is 16.8 Å². The molecule has 0 aliphatic rings. The number of carbonyl (C=O) groups is 1. The van der Waals surface area contributed by atoms with Gasteiger partial charge in [-0.15, -0.1) is 0 Å². The molecule has 0 aliphatic carbocycles. The van der Waals surface area contributed by atoms with E-state index < -0.39 is 15.9 Å². The summed E-state index contributed by atoms with van der Waals surface area (Å²) in [5.74, 6) is -0.416. The molecular weight excluding hydrogens is 444 g/mol. The molecule has 0 radical (unpaired) electrons. The van der Waals surface area contributed by atoms with Gasteiger partial charge >= 0.3 is 0 Å². The summed E-state index contributed by atoms with van der Waals surface area (Å²) in [7, 11) is -3.82. The Hall–Kier alpha value is -3.61. The Morgan fingerprint density at radius 2 is 1.50 bits per heavy atom. The van der Waals surface area contributed by atoms with E-state index in [1.54, 1.807) is 30.3 Å². The van der Waals surface area contributed by atoms with Crippen molar-refractivity contribution in [1.82, 2.24) is 0 Å². The monoisotopic (exact) mass is 462 g/mol. The first-order valence-electron chi connectivity index (χ1n) is 9.76. The molecule has 7 heteroatoms. The zero-order valence-electron chi connectivity index (χ0n) is 16.8. The highest BCUT2D eigenvalue weighted by molar-refractivity contribution is 7.92. The molecule has 0 bridgehead atoms. The van der Waals surface area contributed by atoms with Gasteiger partial charge in [0.05, 0.1) is 16.3 Å². The number of anilines is 2. The highest BCUT2D eigenvalue weighted by Crippen LogP contribution is 2.28. The summed E-state index contributed by atoms with van der Waals surface area (Å²) in [5.41, 5.74) is 1.34. The molecule has 0 fully saturated rings. The van der Waals surface area contributed by atoms with Crippen LogP contribution in [0.4, 0.5) is 11.4 Å². The van der Waals surface area contributed by atoms with Gasteiger partial charge in [0.15, 0.2) is 0 Å². The van der Waals surface area contributed by atoms with Crippen molar-refractivity contribution >= 4 is 55.8 Å². The number of halogens is 1. The zero-order valence-corrected chi connectivity index (χ0v) is 18.4. The van der Waals surface area contributed by atoms with Crippen LogP contribution in [0.15, 0.2) is 102 Å². The SMILES string of the molecule is O=C(C=Cc1ccc2ccccc2c1)Nc1cc(Cl)ccc1NS(=O)(=O)c1ccccc1. The van der Waals surface area contributed by atoms with E-state index in [9.17, 15) is 13.2 Å². The molecule has 4 rings (SSSR count). The number of nitrogens with one attached hydrogen (secondary N) is 2. The first kappa shape index (κ1) is 21.6. The van der Waals surface area contributed by atoms with Crippen LogP contribution in [0.1, 0.15) is 5.56 Å². The Kier molecular flexibility index (Phi) is 6.25. The molecular formula is C25H19ClN2O3S. The Labute approximate surface area is 191 Å². The second-order valence-corrected chi connectivity index (χ2v) is 9.16. The summed E-state index contributed by atoms with van der Waals surface area (Å²) in [6.45, 7) is 0. The lowest BCUT2D eigenvalue weighted by Crippen LogP contribution is -2.16. The highest BCUT2D eigenvalue weighted by atomic mass is 35.5. The summed E-state index contributed by atoms with van der Waals surface area (Å²) in [6.07, 6.45) is 3.08. The Balaban J connectivity index is 1.53. The second kappa shape index (κ2) is 9.26. The number of hydrogen-bond acceptors (Lipinski definition) is 3. The number of rotatable bonds is 6. The molecule has 160 valence electrons. The maximum atomic E-state index is 12.7. The minimum atomic E-state index is -3.82. The van der Waals surface area contributed by atoms with Crippen LogP contribution in [-0.2, 0) is 14.8 Å². The number of benzene rings is 4. The van der Waals surface area contributed by atoms with E-state index in [0.29, 0.717) is 5.02 Å². The average molecular weight is 463 g/mol. The number of sulfonamides is 1. The normalized spacial score (nSPS) is 11.5. The van der Waals surface area contributed by atoms with Crippen molar-refractivity contribution in [3.05, 3.63) is 108 Å². The number of hydrogen-bond donors (Lipinski definition) is 2. The second-order valence-electron chi connectivity index (χ2n) is 7.04.